The highest BCUT2D eigenvalue weighted by atomic mass is 16.5. The van der Waals surface area contributed by atoms with Gasteiger partial charge in [0, 0.05) is 30.9 Å². The van der Waals surface area contributed by atoms with Crippen molar-refractivity contribution in [2.45, 2.75) is 19.9 Å². The third-order valence-corrected chi connectivity index (χ3v) is 3.25. The summed E-state index contributed by atoms with van der Waals surface area (Å²) in [5.74, 6) is 0.523. The highest BCUT2D eigenvalue weighted by Crippen LogP contribution is 2.17. The lowest BCUT2D eigenvalue weighted by molar-refractivity contribution is 0.171. The van der Waals surface area contributed by atoms with Crippen LogP contribution < -0.4 is 5.32 Å². The molecule has 0 spiro atoms. The number of anilines is 1. The van der Waals surface area contributed by atoms with Crippen molar-refractivity contribution in [1.82, 2.24) is 4.57 Å². The Morgan fingerprint density at radius 2 is 1.89 bits per heavy atom. The lowest BCUT2D eigenvalue weighted by Gasteiger charge is -2.23. The first-order valence-electron chi connectivity index (χ1n) is 6.69. The second kappa shape index (κ2) is 6.43. The van der Waals surface area contributed by atoms with Gasteiger partial charge in [-0.25, -0.2) is 0 Å². The van der Waals surface area contributed by atoms with Crippen LogP contribution in [0.3, 0.4) is 0 Å². The molecule has 0 amide bonds. The van der Waals surface area contributed by atoms with Crippen LogP contribution in [-0.2, 0) is 4.74 Å². The van der Waals surface area contributed by atoms with E-state index in [0.717, 1.165) is 11.4 Å². The van der Waals surface area contributed by atoms with Gasteiger partial charge in [-0.05, 0) is 36.2 Å². The maximum Gasteiger partial charge on any atom is 0.0666 e. The largest absolute Gasteiger partial charge is 0.383 e. The Bertz CT molecular complexity index is 491. The van der Waals surface area contributed by atoms with Crippen LogP contribution in [-0.4, -0.2) is 24.3 Å². The molecule has 0 radical (unpaired) electrons. The van der Waals surface area contributed by atoms with E-state index in [1.54, 1.807) is 7.11 Å². The fourth-order valence-corrected chi connectivity index (χ4v) is 2.06. The maximum atomic E-state index is 5.27. The van der Waals surface area contributed by atoms with E-state index >= 15 is 0 Å². The zero-order chi connectivity index (χ0) is 13.7. The minimum atomic E-state index is 0.324. The molecule has 3 heteroatoms. The zero-order valence-electron chi connectivity index (χ0n) is 11.8. The van der Waals surface area contributed by atoms with E-state index in [0.29, 0.717) is 18.6 Å². The van der Waals surface area contributed by atoms with Gasteiger partial charge in [0.15, 0.2) is 0 Å². The highest BCUT2D eigenvalue weighted by Gasteiger charge is 2.12. The summed E-state index contributed by atoms with van der Waals surface area (Å²) in [6.07, 6.45) is 4.10. The van der Waals surface area contributed by atoms with Gasteiger partial charge in [-0.3, -0.25) is 0 Å². The summed E-state index contributed by atoms with van der Waals surface area (Å²) in [4.78, 5) is 0. The van der Waals surface area contributed by atoms with Gasteiger partial charge in [0.25, 0.3) is 0 Å². The summed E-state index contributed by atoms with van der Waals surface area (Å²) in [5.41, 5.74) is 2.29. The van der Waals surface area contributed by atoms with Crippen LogP contribution in [0.2, 0.25) is 0 Å². The SMILES string of the molecule is COCC(Nc1cccc(-n2cccc2)c1)C(C)C. The van der Waals surface area contributed by atoms with Crippen LogP contribution in [0.5, 0.6) is 0 Å². The molecule has 0 aliphatic rings. The van der Waals surface area contributed by atoms with Crippen molar-refractivity contribution in [3.8, 4) is 5.69 Å². The topological polar surface area (TPSA) is 26.2 Å². The van der Waals surface area contributed by atoms with Crippen molar-refractivity contribution >= 4 is 5.69 Å². The first kappa shape index (κ1) is 13.7. The van der Waals surface area contributed by atoms with Crippen molar-refractivity contribution in [1.29, 1.82) is 0 Å². The van der Waals surface area contributed by atoms with Crippen LogP contribution in [0.4, 0.5) is 5.69 Å². The van der Waals surface area contributed by atoms with Gasteiger partial charge in [0.2, 0.25) is 0 Å². The number of benzene rings is 1. The fraction of sp³-hybridized carbons (Fsp3) is 0.375. The minimum absolute atomic E-state index is 0.324. The Morgan fingerprint density at radius 1 is 1.16 bits per heavy atom. The molecular formula is C16H22N2O. The fourth-order valence-electron chi connectivity index (χ4n) is 2.06. The Kier molecular flexibility index (Phi) is 4.63. The van der Waals surface area contributed by atoms with E-state index in [9.17, 15) is 0 Å². The smallest absolute Gasteiger partial charge is 0.0666 e. The first-order chi connectivity index (χ1) is 9.20. The van der Waals surface area contributed by atoms with Crippen molar-refractivity contribution in [2.75, 3.05) is 19.0 Å². The average Bonchev–Trinajstić information content (AvgIpc) is 2.92. The molecule has 1 unspecified atom stereocenters. The molecule has 1 atom stereocenters. The quantitative estimate of drug-likeness (QED) is 0.857. The molecule has 0 aliphatic carbocycles. The van der Waals surface area contributed by atoms with Gasteiger partial charge < -0.3 is 14.6 Å². The predicted molar refractivity (Wildman–Crippen MR) is 79.9 cm³/mol. The van der Waals surface area contributed by atoms with Crippen LogP contribution in [0.15, 0.2) is 48.8 Å². The number of aromatic nitrogens is 1. The molecule has 0 saturated heterocycles. The molecule has 0 bridgehead atoms. The summed E-state index contributed by atoms with van der Waals surface area (Å²) in [6.45, 7) is 5.12. The molecule has 2 aromatic rings. The highest BCUT2D eigenvalue weighted by molar-refractivity contribution is 5.52. The molecular weight excluding hydrogens is 236 g/mol. The van der Waals surface area contributed by atoms with E-state index in [1.807, 2.05) is 24.5 Å². The zero-order valence-corrected chi connectivity index (χ0v) is 11.8. The van der Waals surface area contributed by atoms with E-state index < -0.39 is 0 Å². The maximum absolute atomic E-state index is 5.27. The average molecular weight is 258 g/mol. The van der Waals surface area contributed by atoms with Crippen LogP contribution in [0, 0.1) is 5.92 Å². The molecule has 1 aromatic heterocycles. The summed E-state index contributed by atoms with van der Waals surface area (Å²) in [5, 5.41) is 3.54. The number of nitrogens with one attached hydrogen (secondary N) is 1. The predicted octanol–water partition coefficient (Wildman–Crippen LogP) is 3.56. The number of methoxy groups -OCH3 is 1. The molecule has 0 aliphatic heterocycles. The molecule has 1 aromatic carbocycles. The first-order valence-corrected chi connectivity index (χ1v) is 6.69. The van der Waals surface area contributed by atoms with Crippen molar-refractivity contribution < 1.29 is 4.74 Å². The molecule has 2 rings (SSSR count). The van der Waals surface area contributed by atoms with Gasteiger partial charge in [0.05, 0.1) is 12.6 Å². The van der Waals surface area contributed by atoms with Gasteiger partial charge >= 0.3 is 0 Å². The van der Waals surface area contributed by atoms with Crippen LogP contribution >= 0.6 is 0 Å². The molecule has 1 N–H and O–H groups in total. The summed E-state index contributed by atoms with van der Waals surface area (Å²) in [6, 6.07) is 12.8. The molecule has 3 nitrogen and oxygen atoms in total. The van der Waals surface area contributed by atoms with Gasteiger partial charge in [0.1, 0.15) is 0 Å². The molecule has 0 saturated carbocycles. The van der Waals surface area contributed by atoms with Crippen molar-refractivity contribution in [3.05, 3.63) is 48.8 Å². The summed E-state index contributed by atoms with van der Waals surface area (Å²) >= 11 is 0. The van der Waals surface area contributed by atoms with Gasteiger partial charge in [-0.15, -0.1) is 0 Å². The van der Waals surface area contributed by atoms with Crippen LogP contribution in [0.1, 0.15) is 13.8 Å². The van der Waals surface area contributed by atoms with Crippen molar-refractivity contribution in [2.24, 2.45) is 5.92 Å². The molecule has 0 fully saturated rings. The van der Waals surface area contributed by atoms with Crippen LogP contribution in [0.25, 0.3) is 5.69 Å². The Balaban J connectivity index is 2.14. The lowest BCUT2D eigenvalue weighted by atomic mass is 10.0. The number of hydrogen-bond acceptors (Lipinski definition) is 2. The Hall–Kier alpha value is -1.74. The molecule has 102 valence electrons. The third kappa shape index (κ3) is 3.61. The number of rotatable bonds is 6. The summed E-state index contributed by atoms with van der Waals surface area (Å²) < 4.78 is 7.38. The number of hydrogen-bond donors (Lipinski definition) is 1. The lowest BCUT2D eigenvalue weighted by Crippen LogP contribution is -2.30. The standard InChI is InChI=1S/C16H22N2O/c1-13(2)16(12-19-3)17-14-7-6-8-15(11-14)18-9-4-5-10-18/h4-11,13,16-17H,12H2,1-3H3. The third-order valence-electron chi connectivity index (χ3n) is 3.25. The van der Waals surface area contributed by atoms with Gasteiger partial charge in [-0.1, -0.05) is 19.9 Å². The second-order valence-corrected chi connectivity index (χ2v) is 5.09. The van der Waals surface area contributed by atoms with Crippen molar-refractivity contribution in [3.63, 3.8) is 0 Å². The minimum Gasteiger partial charge on any atom is -0.383 e. The molecule has 1 heterocycles. The van der Waals surface area contributed by atoms with E-state index in [-0.39, 0.29) is 0 Å². The van der Waals surface area contributed by atoms with Gasteiger partial charge in [-0.2, -0.15) is 0 Å². The molecule has 19 heavy (non-hydrogen) atoms. The van der Waals surface area contributed by atoms with E-state index in [4.69, 9.17) is 4.74 Å². The number of nitrogens with zero attached hydrogens (tertiary/aromatic N) is 1. The van der Waals surface area contributed by atoms with E-state index in [2.05, 4.69) is 48.0 Å². The Labute approximate surface area is 115 Å². The number of ether oxygens (including phenoxy) is 1. The summed E-state index contributed by atoms with van der Waals surface area (Å²) in [7, 11) is 1.74. The second-order valence-electron chi connectivity index (χ2n) is 5.09. The normalized spacial score (nSPS) is 12.6. The Morgan fingerprint density at radius 3 is 2.53 bits per heavy atom. The monoisotopic (exact) mass is 258 g/mol. The van der Waals surface area contributed by atoms with E-state index in [1.165, 1.54) is 0 Å².